The molecule has 0 aliphatic rings. The quantitative estimate of drug-likeness (QED) is 0.414. The summed E-state index contributed by atoms with van der Waals surface area (Å²) in [6.45, 7) is 1.02. The third kappa shape index (κ3) is 3.59. The first kappa shape index (κ1) is 17.4. The van der Waals surface area contributed by atoms with E-state index in [1.54, 1.807) is 12.5 Å². The van der Waals surface area contributed by atoms with Crippen molar-refractivity contribution >= 4 is 16.9 Å². The monoisotopic (exact) mass is 367 g/mol. The lowest BCUT2D eigenvalue weighted by Crippen LogP contribution is -2.04. The van der Waals surface area contributed by atoms with Crippen LogP contribution in [-0.2, 0) is 0 Å². The average Bonchev–Trinajstić information content (AvgIpc) is 3.44. The van der Waals surface area contributed by atoms with Crippen LogP contribution in [0.25, 0.3) is 33.9 Å². The number of hydrogen-bond acceptors (Lipinski definition) is 7. The Bertz CT molecular complexity index is 974. The lowest BCUT2D eigenvalue weighted by molar-refractivity contribution is 0.283. The van der Waals surface area contributed by atoms with Crippen molar-refractivity contribution in [2.24, 2.45) is 0 Å². The van der Waals surface area contributed by atoms with Crippen molar-refractivity contribution in [1.29, 1.82) is 0 Å². The van der Waals surface area contributed by atoms with Gasteiger partial charge in [0.2, 0.25) is 5.71 Å². The maximum atomic E-state index is 8.86. The molecular formula is C20H21N3O4. The summed E-state index contributed by atoms with van der Waals surface area (Å²) in [5.41, 5.74) is 1.25. The van der Waals surface area contributed by atoms with Crippen molar-refractivity contribution in [1.82, 2.24) is 9.97 Å². The van der Waals surface area contributed by atoms with Gasteiger partial charge in [-0.2, -0.15) is 0 Å². The predicted octanol–water partition coefficient (Wildman–Crippen LogP) is 4.71. The van der Waals surface area contributed by atoms with Gasteiger partial charge in [0, 0.05) is 13.2 Å². The number of anilines is 1. The second-order valence-corrected chi connectivity index (χ2v) is 6.23. The van der Waals surface area contributed by atoms with E-state index in [1.807, 2.05) is 24.3 Å². The van der Waals surface area contributed by atoms with Gasteiger partial charge in [-0.3, -0.25) is 0 Å². The van der Waals surface area contributed by atoms with Crippen molar-refractivity contribution in [3.8, 4) is 22.8 Å². The topological polar surface area (TPSA) is 97.5 Å². The van der Waals surface area contributed by atoms with Gasteiger partial charge < -0.3 is 23.7 Å². The first-order valence-electron chi connectivity index (χ1n) is 9.08. The van der Waals surface area contributed by atoms with E-state index in [9.17, 15) is 0 Å². The number of hydrogen-bond donors (Lipinski definition) is 2. The number of nitrogens with one attached hydrogen (secondary N) is 1. The normalized spacial score (nSPS) is 11.3. The van der Waals surface area contributed by atoms with E-state index >= 15 is 0 Å². The molecule has 4 heterocycles. The molecule has 0 unspecified atom stereocenters. The highest BCUT2D eigenvalue weighted by Gasteiger charge is 2.25. The molecule has 0 saturated heterocycles. The van der Waals surface area contributed by atoms with Gasteiger partial charge in [-0.25, -0.2) is 9.97 Å². The number of aliphatic hydroxyl groups excluding tert-OH is 1. The van der Waals surface area contributed by atoms with Crippen LogP contribution in [0, 0.1) is 0 Å². The first-order valence-corrected chi connectivity index (χ1v) is 9.08. The largest absolute Gasteiger partial charge is 0.464 e. The number of aliphatic hydroxyl groups is 1. The summed E-state index contributed by atoms with van der Waals surface area (Å²) < 4.78 is 17.2. The molecule has 2 N–H and O–H groups in total. The van der Waals surface area contributed by atoms with Crippen molar-refractivity contribution in [2.45, 2.75) is 25.7 Å². The summed E-state index contributed by atoms with van der Waals surface area (Å²) in [4.78, 5) is 8.69. The van der Waals surface area contributed by atoms with Crippen molar-refractivity contribution in [3.05, 3.63) is 43.1 Å². The molecular weight excluding hydrogens is 346 g/mol. The molecule has 0 spiro atoms. The highest BCUT2D eigenvalue weighted by atomic mass is 16.4. The van der Waals surface area contributed by atoms with Gasteiger partial charge in [0.05, 0.1) is 23.5 Å². The molecule has 4 aromatic rings. The van der Waals surface area contributed by atoms with Crippen LogP contribution in [0.2, 0.25) is 0 Å². The number of rotatable bonds is 9. The third-order valence-electron chi connectivity index (χ3n) is 4.38. The maximum Gasteiger partial charge on any atom is 0.232 e. The minimum absolute atomic E-state index is 0.247. The summed E-state index contributed by atoms with van der Waals surface area (Å²) in [5, 5.41) is 13.0. The molecule has 0 aliphatic heterocycles. The summed E-state index contributed by atoms with van der Waals surface area (Å²) in [5.74, 6) is 2.54. The van der Waals surface area contributed by atoms with Crippen LogP contribution in [0.1, 0.15) is 25.7 Å². The van der Waals surface area contributed by atoms with Gasteiger partial charge in [0.15, 0.2) is 11.5 Å². The van der Waals surface area contributed by atoms with Gasteiger partial charge >= 0.3 is 0 Å². The lowest BCUT2D eigenvalue weighted by atomic mass is 10.1. The van der Waals surface area contributed by atoms with Crippen LogP contribution in [-0.4, -0.2) is 28.2 Å². The van der Waals surface area contributed by atoms with E-state index in [4.69, 9.17) is 18.4 Å². The fourth-order valence-electron chi connectivity index (χ4n) is 3.10. The molecule has 0 aromatic carbocycles. The van der Waals surface area contributed by atoms with Gasteiger partial charge in [0.1, 0.15) is 17.9 Å². The van der Waals surface area contributed by atoms with Crippen LogP contribution < -0.4 is 5.32 Å². The molecule has 0 amide bonds. The number of nitrogens with zero attached hydrogens (tertiary/aromatic N) is 2. The minimum atomic E-state index is 0.247. The van der Waals surface area contributed by atoms with E-state index in [1.165, 1.54) is 6.33 Å². The van der Waals surface area contributed by atoms with E-state index in [2.05, 4.69) is 15.3 Å². The minimum Gasteiger partial charge on any atom is -0.464 e. The summed E-state index contributed by atoms with van der Waals surface area (Å²) in [7, 11) is 0. The molecule has 7 heteroatoms. The molecule has 0 aliphatic carbocycles. The highest BCUT2D eigenvalue weighted by molar-refractivity contribution is 6.04. The Balaban J connectivity index is 1.69. The number of unbranched alkanes of at least 4 members (excludes halogenated alkanes) is 3. The molecule has 0 atom stereocenters. The second kappa shape index (κ2) is 8.09. The van der Waals surface area contributed by atoms with E-state index < -0.39 is 0 Å². The first-order chi connectivity index (χ1) is 13.4. The number of aromatic nitrogens is 2. The number of fused-ring (bicyclic) bond motifs is 1. The zero-order valence-electron chi connectivity index (χ0n) is 14.9. The molecule has 0 saturated carbocycles. The van der Waals surface area contributed by atoms with Crippen LogP contribution in [0.4, 0.5) is 5.82 Å². The maximum absolute atomic E-state index is 8.86. The molecule has 0 fully saturated rings. The Hall–Kier alpha value is -3.06. The highest BCUT2D eigenvalue weighted by Crippen LogP contribution is 2.42. The summed E-state index contributed by atoms with van der Waals surface area (Å²) in [6.07, 6.45) is 8.61. The van der Waals surface area contributed by atoms with E-state index in [-0.39, 0.29) is 6.61 Å². The van der Waals surface area contributed by atoms with Crippen molar-refractivity contribution < 1.29 is 18.4 Å². The van der Waals surface area contributed by atoms with Crippen LogP contribution in [0.5, 0.6) is 0 Å². The fourth-order valence-corrected chi connectivity index (χ4v) is 3.10. The van der Waals surface area contributed by atoms with Gasteiger partial charge in [-0.15, -0.1) is 0 Å². The van der Waals surface area contributed by atoms with Crippen LogP contribution in [0.15, 0.2) is 56.4 Å². The third-order valence-corrected chi connectivity index (χ3v) is 4.38. The van der Waals surface area contributed by atoms with Crippen molar-refractivity contribution in [3.63, 3.8) is 0 Å². The second-order valence-electron chi connectivity index (χ2n) is 6.23. The molecule has 0 radical (unpaired) electrons. The van der Waals surface area contributed by atoms with Gasteiger partial charge in [0.25, 0.3) is 0 Å². The number of furan rings is 3. The van der Waals surface area contributed by atoms with Gasteiger partial charge in [-0.05, 0) is 37.1 Å². The zero-order chi connectivity index (χ0) is 18.5. The van der Waals surface area contributed by atoms with Crippen LogP contribution in [0.3, 0.4) is 0 Å². The molecule has 140 valence electrons. The zero-order valence-corrected chi connectivity index (χ0v) is 14.9. The SMILES string of the molecule is OCCCCCCNc1ncnc2oc(-c3ccco3)c(-c3ccco3)c12. The fraction of sp³-hybridized carbons (Fsp3) is 0.300. The molecule has 27 heavy (non-hydrogen) atoms. The van der Waals surface area contributed by atoms with Gasteiger partial charge in [-0.1, -0.05) is 12.8 Å². The Morgan fingerprint density at radius 3 is 2.44 bits per heavy atom. The molecule has 4 rings (SSSR count). The molecule has 0 bridgehead atoms. The smallest absolute Gasteiger partial charge is 0.232 e. The standard InChI is InChI=1S/C20H21N3O4/c24-10-4-2-1-3-9-21-19-17-16(14-7-5-11-25-14)18(15-8-6-12-26-15)27-20(17)23-13-22-19/h5-8,11-13,24H,1-4,9-10H2,(H,21,22,23). The van der Waals surface area contributed by atoms with Crippen LogP contribution >= 0.6 is 0 Å². The Kier molecular flexibility index (Phi) is 5.20. The van der Waals surface area contributed by atoms with Crippen molar-refractivity contribution in [2.75, 3.05) is 18.5 Å². The van der Waals surface area contributed by atoms with E-state index in [0.29, 0.717) is 28.8 Å². The predicted molar refractivity (Wildman–Crippen MR) is 101 cm³/mol. The molecule has 7 nitrogen and oxygen atoms in total. The Labute approximate surface area is 156 Å². The Morgan fingerprint density at radius 1 is 0.926 bits per heavy atom. The summed E-state index contributed by atoms with van der Waals surface area (Å²) >= 11 is 0. The average molecular weight is 367 g/mol. The summed E-state index contributed by atoms with van der Waals surface area (Å²) in [6, 6.07) is 7.36. The Morgan fingerprint density at radius 2 is 1.70 bits per heavy atom. The van der Waals surface area contributed by atoms with E-state index in [0.717, 1.165) is 43.2 Å². The molecule has 4 aromatic heterocycles. The lowest BCUT2D eigenvalue weighted by Gasteiger charge is -2.07.